The van der Waals surface area contributed by atoms with Crippen LogP contribution in [0.5, 0.6) is 11.5 Å². The highest BCUT2D eigenvalue weighted by molar-refractivity contribution is 6.02. The summed E-state index contributed by atoms with van der Waals surface area (Å²) in [7, 11) is 0. The molecule has 0 radical (unpaired) electrons. The molecule has 1 heterocycles. The van der Waals surface area contributed by atoms with Crippen LogP contribution in [-0.4, -0.2) is 10.8 Å². The van der Waals surface area contributed by atoms with E-state index in [4.69, 9.17) is 4.74 Å². The molecule has 1 amide bonds. The number of rotatable bonds is 4. The average molecular weight is 361 g/mol. The van der Waals surface area contributed by atoms with Gasteiger partial charge in [0.2, 0.25) is 0 Å². The fourth-order valence-electron chi connectivity index (χ4n) is 2.91. The lowest BCUT2D eigenvalue weighted by atomic mass is 10.0. The molecule has 3 aromatic carbocycles. The zero-order valence-corrected chi connectivity index (χ0v) is 14.1. The van der Waals surface area contributed by atoms with Crippen molar-refractivity contribution < 1.29 is 14.5 Å². The summed E-state index contributed by atoms with van der Waals surface area (Å²) in [5, 5.41) is 16.9. The van der Waals surface area contributed by atoms with Crippen LogP contribution in [0.3, 0.4) is 0 Å². The summed E-state index contributed by atoms with van der Waals surface area (Å²) < 4.78 is 5.83. The van der Waals surface area contributed by atoms with Gasteiger partial charge < -0.3 is 15.4 Å². The van der Waals surface area contributed by atoms with E-state index in [-0.39, 0.29) is 17.2 Å². The van der Waals surface area contributed by atoms with Crippen molar-refractivity contribution in [1.29, 1.82) is 0 Å². The average Bonchev–Trinajstić information content (AvgIpc) is 2.68. The zero-order valence-electron chi connectivity index (χ0n) is 14.1. The molecule has 0 saturated heterocycles. The van der Waals surface area contributed by atoms with Crippen molar-refractivity contribution in [2.45, 2.75) is 6.17 Å². The van der Waals surface area contributed by atoms with Crippen molar-refractivity contribution in [3.8, 4) is 11.5 Å². The van der Waals surface area contributed by atoms with Gasteiger partial charge in [-0.3, -0.25) is 14.9 Å². The number of nitro groups is 1. The SMILES string of the molecule is O=C1NC(c2cccc(Oc3ccccc3)c2)Nc2ccc([N+](=O)[O-])cc21. The topological polar surface area (TPSA) is 93.5 Å². The molecule has 0 spiro atoms. The number of nitrogens with one attached hydrogen (secondary N) is 2. The monoisotopic (exact) mass is 361 g/mol. The van der Waals surface area contributed by atoms with E-state index in [2.05, 4.69) is 10.6 Å². The van der Waals surface area contributed by atoms with E-state index in [0.29, 0.717) is 17.2 Å². The molecule has 0 aromatic heterocycles. The highest BCUT2D eigenvalue weighted by Crippen LogP contribution is 2.31. The molecule has 1 aliphatic heterocycles. The number of anilines is 1. The summed E-state index contributed by atoms with van der Waals surface area (Å²) in [5.74, 6) is 0.990. The number of carbonyl (C=O) groups is 1. The molecule has 0 saturated carbocycles. The molecule has 0 fully saturated rings. The largest absolute Gasteiger partial charge is 0.457 e. The normalized spacial score (nSPS) is 15.3. The molecule has 27 heavy (non-hydrogen) atoms. The summed E-state index contributed by atoms with van der Waals surface area (Å²) in [4.78, 5) is 22.8. The van der Waals surface area contributed by atoms with E-state index >= 15 is 0 Å². The molecular formula is C20H15N3O4. The number of fused-ring (bicyclic) bond motifs is 1. The van der Waals surface area contributed by atoms with E-state index in [1.54, 1.807) is 6.07 Å². The number of amides is 1. The second-order valence-electron chi connectivity index (χ2n) is 6.03. The first kappa shape index (κ1) is 16.6. The van der Waals surface area contributed by atoms with Crippen molar-refractivity contribution >= 4 is 17.3 Å². The highest BCUT2D eigenvalue weighted by atomic mass is 16.6. The molecular weight excluding hydrogens is 346 g/mol. The van der Waals surface area contributed by atoms with E-state index in [0.717, 1.165) is 5.56 Å². The lowest BCUT2D eigenvalue weighted by molar-refractivity contribution is -0.384. The van der Waals surface area contributed by atoms with Crippen LogP contribution in [0, 0.1) is 10.1 Å². The molecule has 3 aromatic rings. The lowest BCUT2D eigenvalue weighted by Crippen LogP contribution is -2.38. The molecule has 134 valence electrons. The third kappa shape index (κ3) is 3.43. The van der Waals surface area contributed by atoms with Crippen molar-refractivity contribution in [3.05, 3.63) is 94.0 Å². The van der Waals surface area contributed by atoms with E-state index in [1.807, 2.05) is 54.6 Å². The Hall–Kier alpha value is -3.87. The molecule has 7 nitrogen and oxygen atoms in total. The number of ether oxygens (including phenoxy) is 1. The minimum Gasteiger partial charge on any atom is -0.457 e. The maximum atomic E-state index is 12.4. The van der Waals surface area contributed by atoms with Gasteiger partial charge in [-0.1, -0.05) is 30.3 Å². The molecule has 0 bridgehead atoms. The second kappa shape index (κ2) is 6.80. The number of nitro benzene ring substituents is 1. The Balaban J connectivity index is 1.59. The van der Waals surface area contributed by atoms with Gasteiger partial charge in [0.15, 0.2) is 0 Å². The van der Waals surface area contributed by atoms with Crippen LogP contribution in [0.4, 0.5) is 11.4 Å². The van der Waals surface area contributed by atoms with Crippen LogP contribution in [-0.2, 0) is 0 Å². The number of para-hydroxylation sites is 1. The van der Waals surface area contributed by atoms with Gasteiger partial charge in [-0.05, 0) is 35.9 Å². The van der Waals surface area contributed by atoms with Crippen LogP contribution >= 0.6 is 0 Å². The number of hydrogen-bond acceptors (Lipinski definition) is 5. The molecule has 4 rings (SSSR count). The van der Waals surface area contributed by atoms with Gasteiger partial charge in [-0.15, -0.1) is 0 Å². The van der Waals surface area contributed by atoms with Gasteiger partial charge >= 0.3 is 0 Å². The Morgan fingerprint density at radius 1 is 0.889 bits per heavy atom. The van der Waals surface area contributed by atoms with Gasteiger partial charge in [0.1, 0.15) is 17.7 Å². The predicted molar refractivity (Wildman–Crippen MR) is 99.9 cm³/mol. The molecule has 7 heteroatoms. The maximum absolute atomic E-state index is 12.4. The second-order valence-corrected chi connectivity index (χ2v) is 6.03. The van der Waals surface area contributed by atoms with Gasteiger partial charge in [-0.25, -0.2) is 0 Å². The summed E-state index contributed by atoms with van der Waals surface area (Å²) in [6.07, 6.45) is -0.467. The zero-order chi connectivity index (χ0) is 18.8. The molecule has 1 unspecified atom stereocenters. The number of nitrogens with zero attached hydrogens (tertiary/aromatic N) is 1. The first-order valence-electron chi connectivity index (χ1n) is 8.29. The fourth-order valence-corrected chi connectivity index (χ4v) is 2.91. The summed E-state index contributed by atoms with van der Waals surface area (Å²) >= 11 is 0. The van der Waals surface area contributed by atoms with Gasteiger partial charge in [0.25, 0.3) is 11.6 Å². The molecule has 1 atom stereocenters. The Labute approximate surface area is 154 Å². The third-order valence-electron chi connectivity index (χ3n) is 4.20. The van der Waals surface area contributed by atoms with Crippen molar-refractivity contribution in [3.63, 3.8) is 0 Å². The molecule has 2 N–H and O–H groups in total. The third-order valence-corrected chi connectivity index (χ3v) is 4.20. The molecule has 0 aliphatic carbocycles. The van der Waals surface area contributed by atoms with Gasteiger partial charge in [-0.2, -0.15) is 0 Å². The van der Waals surface area contributed by atoms with E-state index in [1.165, 1.54) is 12.1 Å². The fraction of sp³-hybridized carbons (Fsp3) is 0.0500. The Bertz CT molecular complexity index is 1020. The quantitative estimate of drug-likeness (QED) is 0.535. The van der Waals surface area contributed by atoms with Gasteiger partial charge in [0.05, 0.1) is 10.5 Å². The van der Waals surface area contributed by atoms with Crippen LogP contribution in [0.25, 0.3) is 0 Å². The van der Waals surface area contributed by atoms with Crippen molar-refractivity contribution in [2.75, 3.05) is 5.32 Å². The number of hydrogen-bond donors (Lipinski definition) is 2. The first-order valence-corrected chi connectivity index (χ1v) is 8.29. The van der Waals surface area contributed by atoms with E-state index in [9.17, 15) is 14.9 Å². The summed E-state index contributed by atoms with van der Waals surface area (Å²) in [5.41, 5.74) is 1.48. The number of non-ortho nitro benzene ring substituents is 1. The molecule has 1 aliphatic rings. The van der Waals surface area contributed by atoms with Crippen LogP contribution < -0.4 is 15.4 Å². The Morgan fingerprint density at radius 3 is 2.44 bits per heavy atom. The first-order chi connectivity index (χ1) is 13.1. The van der Waals surface area contributed by atoms with E-state index < -0.39 is 11.1 Å². The maximum Gasteiger partial charge on any atom is 0.270 e. The van der Waals surface area contributed by atoms with Crippen LogP contribution in [0.1, 0.15) is 22.1 Å². The number of benzene rings is 3. The lowest BCUT2D eigenvalue weighted by Gasteiger charge is -2.28. The Morgan fingerprint density at radius 2 is 1.67 bits per heavy atom. The summed E-state index contributed by atoms with van der Waals surface area (Å²) in [6, 6.07) is 21.0. The predicted octanol–water partition coefficient (Wildman–Crippen LogP) is 4.24. The standard InChI is InChI=1S/C20H15N3O4/c24-20-17-12-14(23(25)26)9-10-18(17)21-19(22-20)13-5-4-8-16(11-13)27-15-6-2-1-3-7-15/h1-12,19,21H,(H,22,24). The number of carbonyl (C=O) groups excluding carboxylic acids is 1. The van der Waals surface area contributed by atoms with Crippen molar-refractivity contribution in [2.24, 2.45) is 0 Å². The Kier molecular flexibility index (Phi) is 4.18. The minimum absolute atomic E-state index is 0.123. The summed E-state index contributed by atoms with van der Waals surface area (Å²) in [6.45, 7) is 0. The smallest absolute Gasteiger partial charge is 0.270 e. The highest BCUT2D eigenvalue weighted by Gasteiger charge is 2.26. The van der Waals surface area contributed by atoms with Gasteiger partial charge in [0, 0.05) is 17.8 Å². The van der Waals surface area contributed by atoms with Crippen LogP contribution in [0.2, 0.25) is 0 Å². The van der Waals surface area contributed by atoms with Crippen LogP contribution in [0.15, 0.2) is 72.8 Å². The van der Waals surface area contributed by atoms with Crippen molar-refractivity contribution in [1.82, 2.24) is 5.32 Å². The minimum atomic E-state index is -0.524.